The summed E-state index contributed by atoms with van der Waals surface area (Å²) >= 11 is 1.36. The summed E-state index contributed by atoms with van der Waals surface area (Å²) in [6.07, 6.45) is 1.72. The number of nitrogens with zero attached hydrogens (tertiary/aromatic N) is 2. The first kappa shape index (κ1) is 13.7. The number of carboxylic acid groups (broad SMARTS) is 1. The molecule has 0 aliphatic carbocycles. The second-order valence-electron chi connectivity index (χ2n) is 3.93. The molecule has 0 saturated heterocycles. The Kier molecular flexibility index (Phi) is 3.94. The van der Waals surface area contributed by atoms with Crippen LogP contribution in [0.5, 0.6) is 0 Å². The van der Waals surface area contributed by atoms with E-state index in [0.29, 0.717) is 30.2 Å². The number of thioether (sulfide) groups is 1. The summed E-state index contributed by atoms with van der Waals surface area (Å²) in [5, 5.41) is 14.4. The van der Waals surface area contributed by atoms with E-state index >= 15 is 0 Å². The van der Waals surface area contributed by atoms with Crippen molar-refractivity contribution in [1.82, 2.24) is 4.57 Å². The first-order chi connectivity index (χ1) is 9.08. The normalized spacial score (nSPS) is 15.6. The smallest absolute Gasteiger partial charge is 0.341 e. The first-order valence-electron chi connectivity index (χ1n) is 5.94. The average molecular weight is 282 g/mol. The Labute approximate surface area is 114 Å². The maximum absolute atomic E-state index is 12.1. The molecule has 0 amide bonds. The van der Waals surface area contributed by atoms with E-state index in [1.54, 1.807) is 4.57 Å². The fourth-order valence-electron chi connectivity index (χ4n) is 1.86. The number of carboxylic acids is 1. The molecule has 6 nitrogen and oxygen atoms in total. The number of oxime groups is 1. The fourth-order valence-corrected chi connectivity index (χ4v) is 2.97. The Morgan fingerprint density at radius 3 is 2.89 bits per heavy atom. The minimum absolute atomic E-state index is 0.196. The third-order valence-corrected chi connectivity index (χ3v) is 3.86. The van der Waals surface area contributed by atoms with Crippen LogP contribution >= 0.6 is 11.8 Å². The molecule has 0 atom stereocenters. The minimum atomic E-state index is -1.20. The Morgan fingerprint density at radius 1 is 1.58 bits per heavy atom. The summed E-state index contributed by atoms with van der Waals surface area (Å²) < 4.78 is 1.76. The van der Waals surface area contributed by atoms with E-state index in [1.807, 2.05) is 13.8 Å². The predicted octanol–water partition coefficient (Wildman–Crippen LogP) is 1.56. The lowest BCUT2D eigenvalue weighted by Gasteiger charge is -2.09. The molecular formula is C12H14N2O4S. The van der Waals surface area contributed by atoms with Gasteiger partial charge in [0.05, 0.1) is 5.03 Å². The van der Waals surface area contributed by atoms with Crippen LogP contribution in [0.1, 0.15) is 29.8 Å². The summed E-state index contributed by atoms with van der Waals surface area (Å²) in [5.74, 6) is -1.20. The van der Waals surface area contributed by atoms with Gasteiger partial charge in [0.25, 0.3) is 0 Å². The molecule has 0 radical (unpaired) electrons. The van der Waals surface area contributed by atoms with Gasteiger partial charge in [-0.3, -0.25) is 4.79 Å². The highest BCUT2D eigenvalue weighted by atomic mass is 32.2. The van der Waals surface area contributed by atoms with Crippen molar-refractivity contribution in [3.63, 3.8) is 0 Å². The van der Waals surface area contributed by atoms with Crippen LogP contribution in [0.3, 0.4) is 0 Å². The number of hydrogen-bond donors (Lipinski definition) is 1. The predicted molar refractivity (Wildman–Crippen MR) is 72.0 cm³/mol. The Bertz CT molecular complexity index is 606. The van der Waals surface area contributed by atoms with Crippen LogP contribution in [0.25, 0.3) is 0 Å². The zero-order valence-electron chi connectivity index (χ0n) is 10.7. The summed E-state index contributed by atoms with van der Waals surface area (Å²) in [4.78, 5) is 28.1. The van der Waals surface area contributed by atoms with Gasteiger partial charge in [-0.05, 0) is 13.8 Å². The highest BCUT2D eigenvalue weighted by Gasteiger charge is 2.27. The van der Waals surface area contributed by atoms with Crippen molar-refractivity contribution in [2.24, 2.45) is 5.16 Å². The van der Waals surface area contributed by atoms with E-state index in [0.717, 1.165) is 5.03 Å². The number of hydrogen-bond acceptors (Lipinski definition) is 5. The van der Waals surface area contributed by atoms with Gasteiger partial charge in [0, 0.05) is 24.7 Å². The van der Waals surface area contributed by atoms with Gasteiger partial charge in [0.2, 0.25) is 5.43 Å². The fraction of sp³-hybridized carbons (Fsp3) is 0.417. The molecule has 1 aliphatic rings. The van der Waals surface area contributed by atoms with Crippen molar-refractivity contribution in [3.8, 4) is 0 Å². The lowest BCUT2D eigenvalue weighted by Crippen LogP contribution is -2.22. The molecule has 7 heteroatoms. The molecule has 2 heterocycles. The van der Waals surface area contributed by atoms with Crippen LogP contribution in [0.15, 0.2) is 21.2 Å². The Morgan fingerprint density at radius 2 is 2.32 bits per heavy atom. The van der Waals surface area contributed by atoms with Gasteiger partial charge in [0.1, 0.15) is 17.2 Å². The first-order valence-corrected chi connectivity index (χ1v) is 6.76. The van der Waals surface area contributed by atoms with E-state index in [4.69, 9.17) is 9.94 Å². The molecule has 1 aromatic heterocycles. The van der Waals surface area contributed by atoms with Gasteiger partial charge in [-0.1, -0.05) is 16.9 Å². The number of aromatic nitrogens is 1. The lowest BCUT2D eigenvalue weighted by atomic mass is 10.1. The molecular weight excluding hydrogens is 268 g/mol. The maximum Gasteiger partial charge on any atom is 0.341 e. The third-order valence-electron chi connectivity index (χ3n) is 2.73. The molecule has 19 heavy (non-hydrogen) atoms. The second kappa shape index (κ2) is 5.48. The van der Waals surface area contributed by atoms with Crippen molar-refractivity contribution >= 4 is 22.8 Å². The van der Waals surface area contributed by atoms with Crippen molar-refractivity contribution in [2.45, 2.75) is 31.8 Å². The minimum Gasteiger partial charge on any atom is -0.477 e. The molecule has 2 rings (SSSR count). The van der Waals surface area contributed by atoms with Crippen molar-refractivity contribution in [3.05, 3.63) is 27.5 Å². The summed E-state index contributed by atoms with van der Waals surface area (Å²) in [5.41, 5.74) is -0.134. The van der Waals surface area contributed by atoms with Crippen molar-refractivity contribution in [1.29, 1.82) is 0 Å². The molecule has 1 aromatic rings. The SMILES string of the molecule is CCON=C1Cc2c(n(CC)cc(C(=O)O)c2=O)S1. The highest BCUT2D eigenvalue weighted by Crippen LogP contribution is 2.32. The molecule has 1 N–H and O–H groups in total. The summed E-state index contributed by atoms with van der Waals surface area (Å²) in [6.45, 7) is 4.77. The van der Waals surface area contributed by atoms with Gasteiger partial charge in [-0.2, -0.15) is 0 Å². The zero-order chi connectivity index (χ0) is 14.0. The third kappa shape index (κ3) is 2.51. The van der Waals surface area contributed by atoms with Gasteiger partial charge in [-0.25, -0.2) is 4.79 Å². The molecule has 0 fully saturated rings. The Balaban J connectivity index is 2.51. The molecule has 1 aliphatic heterocycles. The molecule has 0 unspecified atom stereocenters. The van der Waals surface area contributed by atoms with Crippen LogP contribution in [0.4, 0.5) is 0 Å². The topological polar surface area (TPSA) is 80.9 Å². The van der Waals surface area contributed by atoms with Crippen LogP contribution in [0, 0.1) is 0 Å². The van der Waals surface area contributed by atoms with E-state index < -0.39 is 11.4 Å². The lowest BCUT2D eigenvalue weighted by molar-refractivity contribution is 0.0694. The van der Waals surface area contributed by atoms with Crippen LogP contribution < -0.4 is 5.43 Å². The van der Waals surface area contributed by atoms with Crippen LogP contribution in [-0.4, -0.2) is 27.3 Å². The number of rotatable bonds is 4. The zero-order valence-corrected chi connectivity index (χ0v) is 11.5. The highest BCUT2D eigenvalue weighted by molar-refractivity contribution is 8.14. The number of fused-ring (bicyclic) bond motifs is 1. The second-order valence-corrected chi connectivity index (χ2v) is 4.99. The summed E-state index contributed by atoms with van der Waals surface area (Å²) in [7, 11) is 0. The largest absolute Gasteiger partial charge is 0.477 e. The standard InChI is InChI=1S/C12H14N2O4S/c1-3-14-6-8(12(16)17)10(15)7-5-9(13-18-4-2)19-11(7)14/h6H,3-5H2,1-2H3,(H,16,17). The van der Waals surface area contributed by atoms with Gasteiger partial charge in [-0.15, -0.1) is 0 Å². The van der Waals surface area contributed by atoms with E-state index in [9.17, 15) is 9.59 Å². The summed E-state index contributed by atoms with van der Waals surface area (Å²) in [6, 6.07) is 0. The van der Waals surface area contributed by atoms with E-state index in [2.05, 4.69) is 5.16 Å². The quantitative estimate of drug-likeness (QED) is 0.848. The number of carbonyl (C=O) groups is 1. The van der Waals surface area contributed by atoms with Gasteiger partial charge >= 0.3 is 5.97 Å². The molecule has 0 saturated carbocycles. The van der Waals surface area contributed by atoms with Gasteiger partial charge in [0.15, 0.2) is 0 Å². The monoisotopic (exact) mass is 282 g/mol. The van der Waals surface area contributed by atoms with Crippen molar-refractivity contribution < 1.29 is 14.7 Å². The molecule has 0 aromatic carbocycles. The Hall–Kier alpha value is -1.76. The van der Waals surface area contributed by atoms with Crippen molar-refractivity contribution in [2.75, 3.05) is 6.61 Å². The molecule has 0 bridgehead atoms. The molecule has 0 spiro atoms. The number of aryl methyl sites for hydroxylation is 1. The maximum atomic E-state index is 12.1. The van der Waals surface area contributed by atoms with E-state index in [-0.39, 0.29) is 5.56 Å². The number of pyridine rings is 1. The number of aromatic carboxylic acids is 1. The molecule has 102 valence electrons. The van der Waals surface area contributed by atoms with E-state index in [1.165, 1.54) is 18.0 Å². The van der Waals surface area contributed by atoms with Crippen LogP contribution in [0.2, 0.25) is 0 Å². The van der Waals surface area contributed by atoms with Crippen LogP contribution in [-0.2, 0) is 17.8 Å². The average Bonchev–Trinajstić information content (AvgIpc) is 2.81. The van der Waals surface area contributed by atoms with Gasteiger partial charge < -0.3 is 14.5 Å².